The molecule has 6 rings (SSSR count). The lowest BCUT2D eigenvalue weighted by Crippen LogP contribution is -1.77. The van der Waals surface area contributed by atoms with Crippen molar-refractivity contribution >= 4 is 46.4 Å². The number of nitrogens with zero attached hydrogens (tertiary/aromatic N) is 3. The second kappa shape index (κ2) is 6.17. The number of nitrogens with one attached hydrogen (secondary N) is 2. The van der Waals surface area contributed by atoms with Crippen molar-refractivity contribution in [3.63, 3.8) is 0 Å². The Kier molecular flexibility index (Phi) is 3.37. The van der Waals surface area contributed by atoms with Gasteiger partial charge in [0, 0.05) is 16.6 Å². The Morgan fingerprint density at radius 1 is 0.655 bits per heavy atom. The number of aromatic nitrogens is 5. The third-order valence-electron chi connectivity index (χ3n) is 4.83. The second-order valence-electron chi connectivity index (χ2n) is 6.93. The third-order valence-corrected chi connectivity index (χ3v) is 4.83. The minimum absolute atomic E-state index is 0.562. The fourth-order valence-corrected chi connectivity index (χ4v) is 3.55. The van der Waals surface area contributed by atoms with Crippen molar-refractivity contribution in [1.82, 2.24) is 24.9 Å². The van der Waals surface area contributed by atoms with Gasteiger partial charge >= 0.3 is 0 Å². The first-order valence-corrected chi connectivity index (χ1v) is 9.27. The van der Waals surface area contributed by atoms with E-state index in [0.29, 0.717) is 5.89 Å². The maximum atomic E-state index is 5.53. The molecule has 6 heterocycles. The van der Waals surface area contributed by atoms with E-state index in [-0.39, 0.29) is 0 Å². The van der Waals surface area contributed by atoms with Crippen LogP contribution in [0.25, 0.3) is 57.8 Å². The number of H-pyrrole nitrogens is 2. The molecule has 0 fully saturated rings. The summed E-state index contributed by atoms with van der Waals surface area (Å²) < 4.78 is 5.53. The van der Waals surface area contributed by atoms with Gasteiger partial charge in [-0.05, 0) is 66.8 Å². The standard InChI is InChI=1S/C23H15N5O/c1-2-15-10-17-5-6-19(27-17)13-22-21(23-24-7-8-29-23)12-20(28-22)11-18-4-3-16(26-18)9-14(1)25-15/h1-13,25,28H. The fraction of sp³-hybridized carbons (Fsp3) is 0. The van der Waals surface area contributed by atoms with Crippen LogP contribution < -0.4 is 0 Å². The molecule has 4 aromatic rings. The lowest BCUT2D eigenvalue weighted by Gasteiger charge is -1.90. The van der Waals surface area contributed by atoms with Crippen LogP contribution in [-0.4, -0.2) is 24.9 Å². The van der Waals surface area contributed by atoms with Crippen molar-refractivity contribution in [2.75, 3.05) is 0 Å². The first kappa shape index (κ1) is 15.8. The predicted octanol–water partition coefficient (Wildman–Crippen LogP) is 5.31. The smallest absolute Gasteiger partial charge is 0.228 e. The summed E-state index contributed by atoms with van der Waals surface area (Å²) >= 11 is 0. The molecule has 0 radical (unpaired) electrons. The van der Waals surface area contributed by atoms with Crippen LogP contribution in [-0.2, 0) is 0 Å². The molecule has 0 unspecified atom stereocenters. The molecule has 2 aliphatic rings. The van der Waals surface area contributed by atoms with Crippen LogP contribution in [0.2, 0.25) is 0 Å². The van der Waals surface area contributed by atoms with E-state index in [0.717, 1.165) is 50.4 Å². The van der Waals surface area contributed by atoms with Gasteiger partial charge in [0.25, 0.3) is 0 Å². The van der Waals surface area contributed by atoms with Crippen molar-refractivity contribution in [3.05, 3.63) is 77.7 Å². The monoisotopic (exact) mass is 377 g/mol. The van der Waals surface area contributed by atoms with Crippen LogP contribution in [0.1, 0.15) is 22.8 Å². The molecule has 0 aliphatic carbocycles. The number of oxazole rings is 1. The molecule has 0 aromatic carbocycles. The van der Waals surface area contributed by atoms with Crippen molar-refractivity contribution in [2.24, 2.45) is 0 Å². The number of hydrogen-bond donors (Lipinski definition) is 2. The molecular weight excluding hydrogens is 362 g/mol. The van der Waals surface area contributed by atoms with Gasteiger partial charge in [0.1, 0.15) is 6.26 Å². The summed E-state index contributed by atoms with van der Waals surface area (Å²) in [5, 5.41) is 0. The lowest BCUT2D eigenvalue weighted by molar-refractivity contribution is 0.575. The van der Waals surface area contributed by atoms with Gasteiger partial charge in [-0.3, -0.25) is 0 Å². The Labute approximate surface area is 165 Å². The highest BCUT2D eigenvalue weighted by atomic mass is 16.3. The zero-order valence-electron chi connectivity index (χ0n) is 15.3. The first-order chi connectivity index (χ1) is 14.3. The van der Waals surface area contributed by atoms with Gasteiger partial charge in [-0.15, -0.1) is 0 Å². The summed E-state index contributed by atoms with van der Waals surface area (Å²) in [6.07, 6.45) is 11.2. The maximum Gasteiger partial charge on any atom is 0.228 e. The summed E-state index contributed by atoms with van der Waals surface area (Å²) in [6, 6.07) is 14.1. The van der Waals surface area contributed by atoms with Crippen molar-refractivity contribution in [2.45, 2.75) is 0 Å². The molecule has 6 heteroatoms. The third kappa shape index (κ3) is 2.96. The zero-order chi connectivity index (χ0) is 19.2. The van der Waals surface area contributed by atoms with E-state index in [4.69, 9.17) is 9.40 Å². The highest BCUT2D eigenvalue weighted by molar-refractivity contribution is 5.85. The quantitative estimate of drug-likeness (QED) is 0.407. The van der Waals surface area contributed by atoms with Crippen molar-refractivity contribution in [3.8, 4) is 11.5 Å². The highest BCUT2D eigenvalue weighted by Gasteiger charge is 2.09. The van der Waals surface area contributed by atoms with Gasteiger partial charge in [-0.25, -0.2) is 15.0 Å². The summed E-state index contributed by atoms with van der Waals surface area (Å²) in [5.41, 5.74) is 8.20. The topological polar surface area (TPSA) is 83.4 Å². The van der Waals surface area contributed by atoms with Gasteiger partial charge in [-0.2, -0.15) is 0 Å². The van der Waals surface area contributed by atoms with Gasteiger partial charge in [0.15, 0.2) is 0 Å². The van der Waals surface area contributed by atoms with E-state index in [1.54, 1.807) is 12.5 Å². The van der Waals surface area contributed by atoms with Crippen LogP contribution in [0, 0.1) is 0 Å². The van der Waals surface area contributed by atoms with Gasteiger partial charge in [-0.1, -0.05) is 0 Å². The van der Waals surface area contributed by atoms with Crippen LogP contribution in [0.3, 0.4) is 0 Å². The normalized spacial score (nSPS) is 12.6. The van der Waals surface area contributed by atoms with E-state index >= 15 is 0 Å². The van der Waals surface area contributed by atoms with Gasteiger partial charge < -0.3 is 14.4 Å². The molecule has 4 aromatic heterocycles. The van der Waals surface area contributed by atoms with E-state index in [2.05, 4.69) is 19.9 Å². The molecule has 6 nitrogen and oxygen atoms in total. The number of rotatable bonds is 1. The molecule has 138 valence electrons. The van der Waals surface area contributed by atoms with Crippen molar-refractivity contribution in [1.29, 1.82) is 0 Å². The Morgan fingerprint density at radius 2 is 1.28 bits per heavy atom. The summed E-state index contributed by atoms with van der Waals surface area (Å²) in [7, 11) is 0. The van der Waals surface area contributed by atoms with E-state index in [9.17, 15) is 0 Å². The van der Waals surface area contributed by atoms with Gasteiger partial charge in [0.05, 0.1) is 40.1 Å². The van der Waals surface area contributed by atoms with Crippen LogP contribution in [0.5, 0.6) is 0 Å². The van der Waals surface area contributed by atoms with E-state index in [1.807, 2.05) is 66.8 Å². The Bertz CT molecular complexity index is 1450. The summed E-state index contributed by atoms with van der Waals surface area (Å²) in [4.78, 5) is 20.5. The molecule has 0 spiro atoms. The largest absolute Gasteiger partial charge is 0.444 e. The SMILES string of the molecule is C1=Cc2cc3cc(-c4ncco4)c(cc4nc(cc5ccc(cc1n2)[nH]5)C=C4)[nH]3. The molecule has 0 atom stereocenters. The average molecular weight is 377 g/mol. The number of hydrogen-bond acceptors (Lipinski definition) is 4. The van der Waals surface area contributed by atoms with E-state index in [1.165, 1.54) is 0 Å². The molecular formula is C23H15N5O. The molecule has 0 saturated heterocycles. The maximum absolute atomic E-state index is 5.53. The Morgan fingerprint density at radius 3 is 1.90 bits per heavy atom. The summed E-state index contributed by atoms with van der Waals surface area (Å²) in [5.74, 6) is 0.562. The average Bonchev–Trinajstić information content (AvgIpc) is 3.50. The molecule has 29 heavy (non-hydrogen) atoms. The van der Waals surface area contributed by atoms with Gasteiger partial charge in [0.2, 0.25) is 5.89 Å². The van der Waals surface area contributed by atoms with E-state index < -0.39 is 0 Å². The summed E-state index contributed by atoms with van der Waals surface area (Å²) in [6.45, 7) is 0. The molecule has 2 aliphatic heterocycles. The predicted molar refractivity (Wildman–Crippen MR) is 114 cm³/mol. The Balaban J connectivity index is 1.69. The fourth-order valence-electron chi connectivity index (χ4n) is 3.55. The van der Waals surface area contributed by atoms with Crippen LogP contribution >= 0.6 is 0 Å². The molecule has 0 amide bonds. The second-order valence-corrected chi connectivity index (χ2v) is 6.93. The number of aromatic amines is 2. The highest BCUT2D eigenvalue weighted by Crippen LogP contribution is 2.26. The van der Waals surface area contributed by atoms with Crippen LogP contribution in [0.4, 0.5) is 0 Å². The lowest BCUT2D eigenvalue weighted by atomic mass is 10.2. The zero-order valence-corrected chi connectivity index (χ0v) is 15.3. The Hall–Kier alpha value is -4.19. The molecule has 8 bridgehead atoms. The number of fused-ring (bicyclic) bond motifs is 8. The van der Waals surface area contributed by atoms with Crippen molar-refractivity contribution < 1.29 is 4.42 Å². The van der Waals surface area contributed by atoms with Crippen LogP contribution in [0.15, 0.2) is 59.3 Å². The first-order valence-electron chi connectivity index (χ1n) is 9.27. The minimum Gasteiger partial charge on any atom is -0.444 e. The molecule has 2 N–H and O–H groups in total. The minimum atomic E-state index is 0.562. The molecule has 0 saturated carbocycles.